The third-order valence-electron chi connectivity index (χ3n) is 4.91. The molecule has 2 aromatic heterocycles. The van der Waals surface area contributed by atoms with Crippen LogP contribution in [0.25, 0.3) is 5.65 Å². The topological polar surface area (TPSA) is 68.9 Å². The minimum atomic E-state index is 0.411. The van der Waals surface area contributed by atoms with Crippen molar-refractivity contribution in [3.63, 3.8) is 0 Å². The number of nitrogens with zero attached hydrogens (tertiary/aromatic N) is 2. The Hall–Kier alpha value is -2.60. The summed E-state index contributed by atoms with van der Waals surface area (Å²) in [5.41, 5.74) is 3.45. The first kappa shape index (κ1) is 16.8. The van der Waals surface area contributed by atoms with E-state index in [2.05, 4.69) is 71.4 Å². The standard InChI is InChI=1S/C20H26N6/c1-14(2)17-13-23-26-19(22-11-15-6-4-3-5-7-15)10-18(25-20(17)26)24-16-8-9-21-12-16/h3-7,10,13-14,16,21H,8-9,11-12H2,1-2H3,(H2,22,23,24,25)/p+1/t16-/m1/s1. The van der Waals surface area contributed by atoms with E-state index in [0.717, 1.165) is 43.3 Å². The van der Waals surface area contributed by atoms with Gasteiger partial charge in [-0.2, -0.15) is 0 Å². The average molecular weight is 351 g/mol. The van der Waals surface area contributed by atoms with E-state index in [4.69, 9.17) is 4.98 Å². The van der Waals surface area contributed by atoms with Gasteiger partial charge >= 0.3 is 0 Å². The van der Waals surface area contributed by atoms with Gasteiger partial charge < -0.3 is 10.6 Å². The smallest absolute Gasteiger partial charge is 0.292 e. The lowest BCUT2D eigenvalue weighted by Crippen LogP contribution is -2.31. The van der Waals surface area contributed by atoms with E-state index < -0.39 is 0 Å². The maximum absolute atomic E-state index is 4.89. The maximum atomic E-state index is 4.89. The first-order chi connectivity index (χ1) is 12.7. The Bertz CT molecular complexity index is 865. The fourth-order valence-electron chi connectivity index (χ4n) is 3.43. The molecular formula is C20H27N6+. The SMILES string of the molecule is CC(C)c1c[nH][n+]2c(NCc3ccccc3)cc(N[C@@H]3CCNC3)nc12. The molecular weight excluding hydrogens is 324 g/mol. The van der Waals surface area contributed by atoms with E-state index >= 15 is 0 Å². The number of H-pyrrole nitrogens is 1. The molecule has 0 amide bonds. The van der Waals surface area contributed by atoms with Gasteiger partial charge in [-0.15, -0.1) is 4.52 Å². The predicted octanol–water partition coefficient (Wildman–Crippen LogP) is 2.66. The van der Waals surface area contributed by atoms with E-state index in [9.17, 15) is 0 Å². The first-order valence-corrected chi connectivity index (χ1v) is 9.40. The van der Waals surface area contributed by atoms with E-state index in [1.165, 1.54) is 11.1 Å². The highest BCUT2D eigenvalue weighted by molar-refractivity contribution is 5.54. The molecule has 0 saturated carbocycles. The minimum Gasteiger partial charge on any atom is -0.352 e. The first-order valence-electron chi connectivity index (χ1n) is 9.40. The Labute approximate surface area is 154 Å². The summed E-state index contributed by atoms with van der Waals surface area (Å²) in [6.45, 7) is 7.22. The third-order valence-corrected chi connectivity index (χ3v) is 4.91. The average Bonchev–Trinajstić information content (AvgIpc) is 3.30. The molecule has 0 aliphatic carbocycles. The Balaban J connectivity index is 1.66. The van der Waals surface area contributed by atoms with Crippen LogP contribution in [-0.2, 0) is 6.54 Å². The van der Waals surface area contributed by atoms with Gasteiger partial charge in [-0.1, -0.05) is 49.2 Å². The molecule has 1 fully saturated rings. The van der Waals surface area contributed by atoms with Crippen LogP contribution >= 0.6 is 0 Å². The number of anilines is 2. The summed E-state index contributed by atoms with van der Waals surface area (Å²) in [7, 11) is 0. The van der Waals surface area contributed by atoms with E-state index in [1.54, 1.807) is 0 Å². The van der Waals surface area contributed by atoms with E-state index in [-0.39, 0.29) is 0 Å². The van der Waals surface area contributed by atoms with Crippen molar-refractivity contribution in [2.45, 2.75) is 38.8 Å². The third kappa shape index (κ3) is 3.51. The fourth-order valence-corrected chi connectivity index (χ4v) is 3.43. The number of aromatic amines is 1. The van der Waals surface area contributed by atoms with E-state index in [0.29, 0.717) is 12.0 Å². The summed E-state index contributed by atoms with van der Waals surface area (Å²) in [6.07, 6.45) is 3.19. The van der Waals surface area contributed by atoms with Gasteiger partial charge in [0.1, 0.15) is 0 Å². The van der Waals surface area contributed by atoms with Gasteiger partial charge in [0.2, 0.25) is 11.6 Å². The molecule has 6 nitrogen and oxygen atoms in total. The normalized spacial score (nSPS) is 17.1. The van der Waals surface area contributed by atoms with Crippen LogP contribution in [0.1, 0.15) is 37.3 Å². The molecule has 26 heavy (non-hydrogen) atoms. The van der Waals surface area contributed by atoms with Gasteiger partial charge in [-0.05, 0) is 24.4 Å². The van der Waals surface area contributed by atoms with Crippen molar-refractivity contribution in [1.29, 1.82) is 0 Å². The Morgan fingerprint density at radius 1 is 1.27 bits per heavy atom. The molecule has 1 saturated heterocycles. The van der Waals surface area contributed by atoms with Crippen molar-refractivity contribution in [3.05, 3.63) is 53.7 Å². The van der Waals surface area contributed by atoms with Crippen molar-refractivity contribution in [3.8, 4) is 0 Å². The lowest BCUT2D eigenvalue weighted by molar-refractivity contribution is -0.564. The van der Waals surface area contributed by atoms with E-state index in [1.807, 2.05) is 10.6 Å². The van der Waals surface area contributed by atoms with Gasteiger partial charge in [-0.3, -0.25) is 10.4 Å². The van der Waals surface area contributed by atoms with Gasteiger partial charge in [-0.25, -0.2) is 0 Å². The van der Waals surface area contributed by atoms with Crippen molar-refractivity contribution < 1.29 is 4.52 Å². The van der Waals surface area contributed by atoms with Crippen LogP contribution < -0.4 is 20.5 Å². The van der Waals surface area contributed by atoms with Gasteiger partial charge in [0.15, 0.2) is 0 Å². The zero-order valence-corrected chi connectivity index (χ0v) is 15.4. The van der Waals surface area contributed by atoms with Crippen LogP contribution in [0.3, 0.4) is 0 Å². The number of rotatable bonds is 6. The molecule has 4 rings (SSSR count). The molecule has 136 valence electrons. The van der Waals surface area contributed by atoms with Crippen molar-refractivity contribution in [2.75, 3.05) is 23.7 Å². The van der Waals surface area contributed by atoms with Crippen LogP contribution in [-0.4, -0.2) is 29.2 Å². The second-order valence-electron chi connectivity index (χ2n) is 7.24. The molecule has 0 bridgehead atoms. The highest BCUT2D eigenvalue weighted by Gasteiger charge is 2.22. The van der Waals surface area contributed by atoms with Gasteiger partial charge in [0, 0.05) is 18.8 Å². The number of hydrogen-bond donors (Lipinski definition) is 4. The molecule has 0 unspecified atom stereocenters. The monoisotopic (exact) mass is 351 g/mol. The number of nitrogens with one attached hydrogen (secondary N) is 4. The Morgan fingerprint density at radius 3 is 2.85 bits per heavy atom. The summed E-state index contributed by atoms with van der Waals surface area (Å²) in [4.78, 5) is 4.89. The highest BCUT2D eigenvalue weighted by Crippen LogP contribution is 2.21. The summed E-state index contributed by atoms with van der Waals surface area (Å²) in [6, 6.07) is 13.0. The molecule has 1 atom stereocenters. The maximum Gasteiger partial charge on any atom is 0.292 e. The van der Waals surface area contributed by atoms with Crippen molar-refractivity contribution in [2.24, 2.45) is 0 Å². The fraction of sp³-hybridized carbons (Fsp3) is 0.400. The molecule has 3 aromatic rings. The molecule has 1 aliphatic rings. The Morgan fingerprint density at radius 2 is 2.12 bits per heavy atom. The summed E-state index contributed by atoms with van der Waals surface area (Å²) in [5.74, 6) is 2.35. The van der Waals surface area contributed by atoms with Crippen LogP contribution in [0.15, 0.2) is 42.6 Å². The summed E-state index contributed by atoms with van der Waals surface area (Å²) < 4.78 is 2.04. The minimum absolute atomic E-state index is 0.411. The molecule has 1 aromatic carbocycles. The lowest BCUT2D eigenvalue weighted by Gasteiger charge is -2.11. The van der Waals surface area contributed by atoms with Crippen LogP contribution in [0.2, 0.25) is 0 Å². The van der Waals surface area contributed by atoms with Crippen LogP contribution in [0.4, 0.5) is 11.6 Å². The second-order valence-corrected chi connectivity index (χ2v) is 7.24. The quantitative estimate of drug-likeness (QED) is 0.516. The summed E-state index contributed by atoms with van der Waals surface area (Å²) in [5, 5.41) is 13.9. The number of fused-ring (bicyclic) bond motifs is 1. The molecule has 3 heterocycles. The number of hydrogen-bond acceptors (Lipinski definition) is 4. The highest BCUT2D eigenvalue weighted by atomic mass is 15.3. The largest absolute Gasteiger partial charge is 0.352 e. The zero-order chi connectivity index (χ0) is 17.9. The predicted molar refractivity (Wildman–Crippen MR) is 105 cm³/mol. The molecule has 1 aliphatic heterocycles. The lowest BCUT2D eigenvalue weighted by atomic mass is 10.1. The summed E-state index contributed by atoms with van der Waals surface area (Å²) >= 11 is 0. The van der Waals surface area contributed by atoms with Crippen LogP contribution in [0, 0.1) is 0 Å². The molecule has 4 N–H and O–H groups in total. The second kappa shape index (κ2) is 7.33. The molecule has 0 spiro atoms. The number of aromatic nitrogens is 3. The van der Waals surface area contributed by atoms with Crippen molar-refractivity contribution >= 4 is 17.3 Å². The van der Waals surface area contributed by atoms with Crippen LogP contribution in [0.5, 0.6) is 0 Å². The Kier molecular flexibility index (Phi) is 4.75. The van der Waals surface area contributed by atoms with Gasteiger partial charge in [0.25, 0.3) is 5.65 Å². The number of benzene rings is 1. The zero-order valence-electron chi connectivity index (χ0n) is 15.4. The van der Waals surface area contributed by atoms with Gasteiger partial charge in [0.05, 0.1) is 18.2 Å². The molecule has 0 radical (unpaired) electrons. The molecule has 6 heteroatoms. The van der Waals surface area contributed by atoms with Crippen molar-refractivity contribution in [1.82, 2.24) is 15.4 Å².